The number of aliphatic carboxylic acids is 1. The molecule has 0 rings (SSSR count). The number of hydrogen-bond donors (Lipinski definition) is 1. The van der Waals surface area contributed by atoms with Gasteiger partial charge in [0.15, 0.2) is 0 Å². The van der Waals surface area contributed by atoms with E-state index in [4.69, 9.17) is 5.11 Å². The molecular formula is C44H87NO2. The van der Waals surface area contributed by atoms with Crippen LogP contribution in [-0.2, 0) is 4.79 Å². The third kappa shape index (κ3) is 49.4. The maximum Gasteiger partial charge on any atom is 0.303 e. The molecule has 3 nitrogen and oxygen atoms in total. The Bertz CT molecular complexity index is 628. The van der Waals surface area contributed by atoms with Gasteiger partial charge in [-0.25, -0.2) is 0 Å². The zero-order valence-corrected chi connectivity index (χ0v) is 32.9. The van der Waals surface area contributed by atoms with Crippen molar-refractivity contribution in [2.24, 2.45) is 0 Å². The molecular weight excluding hydrogens is 574 g/mol. The van der Waals surface area contributed by atoms with Crippen LogP contribution in [0.4, 0.5) is 0 Å². The van der Waals surface area contributed by atoms with Gasteiger partial charge in [0, 0.05) is 6.42 Å². The highest BCUT2D eigenvalue weighted by Crippen LogP contribution is 2.13. The largest absolute Gasteiger partial charge is 0.481 e. The second-order valence-electron chi connectivity index (χ2n) is 14.4. The Morgan fingerprint density at radius 3 is 1.11 bits per heavy atom. The van der Waals surface area contributed by atoms with Crippen molar-refractivity contribution in [2.45, 2.75) is 233 Å². The molecule has 0 unspecified atom stereocenters. The van der Waals surface area contributed by atoms with Gasteiger partial charge in [-0.05, 0) is 71.5 Å². The predicted octanol–water partition coefficient (Wildman–Crippen LogP) is 15.0. The van der Waals surface area contributed by atoms with E-state index in [2.05, 4.69) is 57.0 Å². The molecule has 3 heteroatoms. The molecule has 0 saturated heterocycles. The molecule has 0 amide bonds. The quantitative estimate of drug-likeness (QED) is 0.0532. The fourth-order valence-electron chi connectivity index (χ4n) is 6.11. The van der Waals surface area contributed by atoms with Crippen LogP contribution in [-0.4, -0.2) is 36.1 Å². The first kappa shape index (κ1) is 48.0. The van der Waals surface area contributed by atoms with Crippen LogP contribution < -0.4 is 0 Å². The number of unbranched alkanes of at least 4 members (excludes halogenated alkanes) is 27. The van der Waals surface area contributed by atoms with Gasteiger partial charge in [-0.1, -0.05) is 199 Å². The van der Waals surface area contributed by atoms with Crippen molar-refractivity contribution < 1.29 is 9.90 Å². The highest BCUT2D eigenvalue weighted by molar-refractivity contribution is 5.66. The summed E-state index contributed by atoms with van der Waals surface area (Å²) in [6, 6.07) is 0. The number of rotatable bonds is 37. The Kier molecular flexibility index (Phi) is 45.9. The van der Waals surface area contributed by atoms with E-state index in [9.17, 15) is 4.79 Å². The molecule has 0 radical (unpaired) electrons. The van der Waals surface area contributed by atoms with Gasteiger partial charge < -0.3 is 10.0 Å². The summed E-state index contributed by atoms with van der Waals surface area (Å²) < 4.78 is 0. The number of carboxylic acid groups (broad SMARTS) is 1. The molecule has 0 aliphatic rings. The standard InChI is InChI=1S/C26H55N.C18H32O2/c1-4-6-8-10-12-14-16-18-20-22-24-26-27(3)25-23-21-19-17-15-13-11-9-7-5-2;1-2-3-4-5-6-7-8-9-10-11-12-13-14-15-16-17-18(19)20/h4-26H2,1-3H3;6-7,9-10H,2-5,8,11-17H2,1H3,(H,19,20)/b;7-6-,10-9-. The smallest absolute Gasteiger partial charge is 0.303 e. The molecule has 0 spiro atoms. The van der Waals surface area contributed by atoms with E-state index < -0.39 is 5.97 Å². The molecule has 0 fully saturated rings. The van der Waals surface area contributed by atoms with E-state index in [1.54, 1.807) is 0 Å². The van der Waals surface area contributed by atoms with Crippen molar-refractivity contribution in [3.63, 3.8) is 0 Å². The molecule has 0 heterocycles. The van der Waals surface area contributed by atoms with Gasteiger partial charge >= 0.3 is 5.97 Å². The van der Waals surface area contributed by atoms with Gasteiger partial charge in [0.1, 0.15) is 0 Å². The first-order valence-corrected chi connectivity index (χ1v) is 21.3. The van der Waals surface area contributed by atoms with Crippen LogP contribution in [0.3, 0.4) is 0 Å². The topological polar surface area (TPSA) is 40.5 Å². The van der Waals surface area contributed by atoms with Crippen LogP contribution in [0.25, 0.3) is 0 Å². The first-order valence-electron chi connectivity index (χ1n) is 21.3. The maximum absolute atomic E-state index is 10.3. The lowest BCUT2D eigenvalue weighted by atomic mass is 10.1. The number of carbonyl (C=O) groups is 1. The van der Waals surface area contributed by atoms with Crippen LogP contribution in [0.15, 0.2) is 24.3 Å². The van der Waals surface area contributed by atoms with E-state index >= 15 is 0 Å². The maximum atomic E-state index is 10.3. The third-order valence-electron chi connectivity index (χ3n) is 9.38. The second kappa shape index (κ2) is 44.9. The monoisotopic (exact) mass is 662 g/mol. The summed E-state index contributed by atoms with van der Waals surface area (Å²) in [5.41, 5.74) is 0. The van der Waals surface area contributed by atoms with Gasteiger partial charge in [-0.3, -0.25) is 4.79 Å². The molecule has 280 valence electrons. The average molecular weight is 662 g/mol. The van der Waals surface area contributed by atoms with Gasteiger partial charge in [0.2, 0.25) is 0 Å². The highest BCUT2D eigenvalue weighted by atomic mass is 16.4. The van der Waals surface area contributed by atoms with Gasteiger partial charge in [-0.15, -0.1) is 0 Å². The molecule has 0 atom stereocenters. The van der Waals surface area contributed by atoms with E-state index in [0.717, 1.165) is 25.7 Å². The molecule has 0 aromatic rings. The first-order chi connectivity index (χ1) is 23.1. The molecule has 47 heavy (non-hydrogen) atoms. The Balaban J connectivity index is 0. The van der Waals surface area contributed by atoms with Crippen molar-refractivity contribution in [1.82, 2.24) is 4.90 Å². The zero-order valence-electron chi connectivity index (χ0n) is 32.9. The van der Waals surface area contributed by atoms with Crippen LogP contribution >= 0.6 is 0 Å². The minimum Gasteiger partial charge on any atom is -0.481 e. The second-order valence-corrected chi connectivity index (χ2v) is 14.4. The molecule has 0 saturated carbocycles. The van der Waals surface area contributed by atoms with E-state index in [1.165, 1.54) is 193 Å². The summed E-state index contributed by atoms with van der Waals surface area (Å²) in [7, 11) is 2.32. The summed E-state index contributed by atoms with van der Waals surface area (Å²) >= 11 is 0. The fourth-order valence-corrected chi connectivity index (χ4v) is 6.11. The van der Waals surface area contributed by atoms with Gasteiger partial charge in [0.25, 0.3) is 0 Å². The summed E-state index contributed by atoms with van der Waals surface area (Å²) in [5, 5.41) is 8.50. The highest BCUT2D eigenvalue weighted by Gasteiger charge is 2.00. The molecule has 0 bridgehead atoms. The lowest BCUT2D eigenvalue weighted by molar-refractivity contribution is -0.137. The normalized spacial score (nSPS) is 11.6. The van der Waals surface area contributed by atoms with Crippen LogP contribution in [0.1, 0.15) is 233 Å². The van der Waals surface area contributed by atoms with Crippen LogP contribution in [0, 0.1) is 0 Å². The fraction of sp³-hybridized carbons (Fsp3) is 0.886. The van der Waals surface area contributed by atoms with Gasteiger partial charge in [-0.2, -0.15) is 0 Å². The summed E-state index contributed by atoms with van der Waals surface area (Å²) in [6.07, 6.45) is 52.7. The molecule has 0 aromatic heterocycles. The number of allylic oxidation sites excluding steroid dienone is 4. The average Bonchev–Trinajstić information content (AvgIpc) is 3.06. The van der Waals surface area contributed by atoms with Crippen molar-refractivity contribution >= 4 is 5.97 Å². The van der Waals surface area contributed by atoms with E-state index in [0.29, 0.717) is 6.42 Å². The molecule has 0 aliphatic heterocycles. The lowest BCUT2D eigenvalue weighted by Gasteiger charge is -2.16. The van der Waals surface area contributed by atoms with E-state index in [-0.39, 0.29) is 0 Å². The number of carboxylic acids is 1. The lowest BCUT2D eigenvalue weighted by Crippen LogP contribution is -2.20. The minimum absolute atomic E-state index is 0.324. The Morgan fingerprint density at radius 2 is 0.723 bits per heavy atom. The zero-order chi connectivity index (χ0) is 34.7. The Morgan fingerprint density at radius 1 is 0.426 bits per heavy atom. The summed E-state index contributed by atoms with van der Waals surface area (Å²) in [5.74, 6) is -0.671. The van der Waals surface area contributed by atoms with Crippen molar-refractivity contribution in [3.05, 3.63) is 24.3 Å². The van der Waals surface area contributed by atoms with Crippen molar-refractivity contribution in [1.29, 1.82) is 0 Å². The molecule has 1 N–H and O–H groups in total. The Labute approximate surface area is 297 Å². The van der Waals surface area contributed by atoms with Crippen molar-refractivity contribution in [3.8, 4) is 0 Å². The van der Waals surface area contributed by atoms with E-state index in [1.807, 2.05) is 0 Å². The van der Waals surface area contributed by atoms with Crippen molar-refractivity contribution in [2.75, 3.05) is 20.1 Å². The third-order valence-corrected chi connectivity index (χ3v) is 9.38. The summed E-state index contributed by atoms with van der Waals surface area (Å²) in [6.45, 7) is 9.46. The minimum atomic E-state index is -0.671. The van der Waals surface area contributed by atoms with Crippen LogP contribution in [0.5, 0.6) is 0 Å². The summed E-state index contributed by atoms with van der Waals surface area (Å²) in [4.78, 5) is 12.9. The molecule has 0 aromatic carbocycles. The SMILES string of the molecule is CCCCC/C=C\C/C=C\CCCCCCCC(=O)O.CCCCCCCCCCCCCN(C)CCCCCCCCCCCC. The molecule has 0 aliphatic carbocycles. The Hall–Kier alpha value is -1.09. The number of nitrogens with zero attached hydrogens (tertiary/aromatic N) is 1. The van der Waals surface area contributed by atoms with Gasteiger partial charge in [0.05, 0.1) is 0 Å². The van der Waals surface area contributed by atoms with Crippen LogP contribution in [0.2, 0.25) is 0 Å². The number of hydrogen-bond acceptors (Lipinski definition) is 2. The predicted molar refractivity (Wildman–Crippen MR) is 213 cm³/mol.